The molecule has 2 rings (SSSR count). The molecule has 0 aliphatic carbocycles. The van der Waals surface area contributed by atoms with Gasteiger partial charge in [-0.25, -0.2) is 19.6 Å². The van der Waals surface area contributed by atoms with E-state index in [1.54, 1.807) is 0 Å². The number of benzene rings is 1. The van der Waals surface area contributed by atoms with Gasteiger partial charge in [-0.3, -0.25) is 10.1 Å². The highest BCUT2D eigenvalue weighted by Crippen LogP contribution is 2.29. The lowest BCUT2D eigenvalue weighted by Crippen LogP contribution is -2.10. The molecule has 0 bridgehead atoms. The van der Waals surface area contributed by atoms with Crippen LogP contribution in [0, 0.1) is 21.7 Å². The molecule has 7 nitrogen and oxygen atoms in total. The molecular formula is C11H9F2N5O2. The maximum absolute atomic E-state index is 13.5. The van der Waals surface area contributed by atoms with Crippen molar-refractivity contribution in [2.45, 2.75) is 0 Å². The van der Waals surface area contributed by atoms with Gasteiger partial charge in [0, 0.05) is 6.07 Å². The third kappa shape index (κ3) is 2.62. The minimum atomic E-state index is -0.896. The summed E-state index contributed by atoms with van der Waals surface area (Å²) in [7, 11) is 0. The number of nitrogen functional groups attached to an aromatic ring is 1. The highest BCUT2D eigenvalue weighted by Gasteiger charge is 2.19. The fourth-order valence-electron chi connectivity index (χ4n) is 1.51. The Morgan fingerprint density at radius 1 is 1.20 bits per heavy atom. The summed E-state index contributed by atoms with van der Waals surface area (Å²) in [5.74, 6) is 3.13. The highest BCUT2D eigenvalue weighted by molar-refractivity contribution is 5.68. The standard InChI is InChI=1S/C11H9F2N5O2/c12-6-2-1-3-7(13)10(6)16-11-8(18(19)20)4-5-9(15-11)17-14/h1-5H,14H2,(H2,15,16,17). The van der Waals surface area contributed by atoms with E-state index in [4.69, 9.17) is 5.84 Å². The zero-order chi connectivity index (χ0) is 14.7. The number of nitrogens with one attached hydrogen (secondary N) is 2. The first-order valence-corrected chi connectivity index (χ1v) is 5.36. The molecule has 4 N–H and O–H groups in total. The van der Waals surface area contributed by atoms with E-state index in [2.05, 4.69) is 15.7 Å². The second-order valence-electron chi connectivity index (χ2n) is 3.69. The van der Waals surface area contributed by atoms with Crippen molar-refractivity contribution in [1.82, 2.24) is 4.98 Å². The van der Waals surface area contributed by atoms with Gasteiger partial charge >= 0.3 is 5.69 Å². The van der Waals surface area contributed by atoms with Crippen molar-refractivity contribution >= 4 is 23.0 Å². The molecule has 1 aromatic carbocycles. The van der Waals surface area contributed by atoms with Crippen LogP contribution in [0.5, 0.6) is 0 Å². The van der Waals surface area contributed by atoms with Gasteiger partial charge in [0.05, 0.1) is 4.92 Å². The lowest BCUT2D eigenvalue weighted by molar-refractivity contribution is -0.384. The number of nitrogens with two attached hydrogens (primary N) is 1. The Kier molecular flexibility index (Phi) is 3.71. The first-order chi connectivity index (χ1) is 9.52. The van der Waals surface area contributed by atoms with Gasteiger partial charge in [0.1, 0.15) is 23.1 Å². The smallest absolute Gasteiger partial charge is 0.311 e. The lowest BCUT2D eigenvalue weighted by atomic mass is 10.2. The normalized spacial score (nSPS) is 10.2. The van der Waals surface area contributed by atoms with Crippen molar-refractivity contribution < 1.29 is 13.7 Å². The average Bonchev–Trinajstić information content (AvgIpc) is 2.42. The molecule has 0 radical (unpaired) electrons. The van der Waals surface area contributed by atoms with Crippen LogP contribution in [0.4, 0.5) is 31.8 Å². The first-order valence-electron chi connectivity index (χ1n) is 5.36. The maximum atomic E-state index is 13.5. The number of hydrogen-bond acceptors (Lipinski definition) is 6. The van der Waals surface area contributed by atoms with E-state index in [-0.39, 0.29) is 11.6 Å². The molecule has 1 heterocycles. The molecule has 1 aromatic heterocycles. The first kappa shape index (κ1) is 13.6. The average molecular weight is 281 g/mol. The number of halogens is 2. The van der Waals surface area contributed by atoms with Crippen LogP contribution >= 0.6 is 0 Å². The van der Waals surface area contributed by atoms with Crippen molar-refractivity contribution in [3.8, 4) is 0 Å². The molecule has 9 heteroatoms. The summed E-state index contributed by atoms with van der Waals surface area (Å²) >= 11 is 0. The van der Waals surface area contributed by atoms with Gasteiger partial charge in [-0.1, -0.05) is 6.07 Å². The Balaban J connectivity index is 2.49. The van der Waals surface area contributed by atoms with Crippen LogP contribution in [-0.2, 0) is 0 Å². The van der Waals surface area contributed by atoms with Gasteiger partial charge in [-0.15, -0.1) is 0 Å². The molecule has 0 aliphatic rings. The van der Waals surface area contributed by atoms with Gasteiger partial charge in [0.25, 0.3) is 0 Å². The van der Waals surface area contributed by atoms with Crippen molar-refractivity contribution in [1.29, 1.82) is 0 Å². The summed E-state index contributed by atoms with van der Waals surface area (Å²) < 4.78 is 27.0. The SMILES string of the molecule is NNc1ccc([N+](=O)[O-])c(Nc2c(F)cccc2F)n1. The van der Waals surface area contributed by atoms with E-state index < -0.39 is 27.9 Å². The molecule has 0 unspecified atom stereocenters. The molecule has 20 heavy (non-hydrogen) atoms. The quantitative estimate of drug-likeness (QED) is 0.451. The van der Waals surface area contributed by atoms with Crippen molar-refractivity contribution in [2.75, 3.05) is 10.7 Å². The molecule has 0 fully saturated rings. The number of pyridine rings is 1. The molecule has 0 spiro atoms. The molecule has 0 aliphatic heterocycles. The highest BCUT2D eigenvalue weighted by atomic mass is 19.1. The molecule has 0 amide bonds. The number of hydrazine groups is 1. The third-order valence-electron chi connectivity index (χ3n) is 2.42. The van der Waals surface area contributed by atoms with Crippen molar-refractivity contribution in [3.63, 3.8) is 0 Å². The summed E-state index contributed by atoms with van der Waals surface area (Å²) in [6, 6.07) is 5.59. The Hall–Kier alpha value is -2.81. The molecule has 0 atom stereocenters. The van der Waals surface area contributed by atoms with Gasteiger partial charge in [0.15, 0.2) is 0 Å². The molecule has 0 saturated heterocycles. The van der Waals surface area contributed by atoms with Crippen molar-refractivity contribution in [2.24, 2.45) is 5.84 Å². The molecular weight excluding hydrogens is 272 g/mol. The fraction of sp³-hybridized carbons (Fsp3) is 0. The zero-order valence-electron chi connectivity index (χ0n) is 9.93. The predicted octanol–water partition coefficient (Wildman–Crippen LogP) is 2.30. The van der Waals surface area contributed by atoms with Crippen LogP contribution in [0.2, 0.25) is 0 Å². The van der Waals surface area contributed by atoms with Gasteiger partial charge in [-0.05, 0) is 18.2 Å². The minimum Gasteiger partial charge on any atom is -0.330 e. The molecule has 104 valence electrons. The van der Waals surface area contributed by atoms with Crippen LogP contribution in [0.25, 0.3) is 0 Å². The van der Waals surface area contributed by atoms with Crippen LogP contribution in [0.1, 0.15) is 0 Å². The number of nitrogens with zero attached hydrogens (tertiary/aromatic N) is 2. The monoisotopic (exact) mass is 281 g/mol. The Bertz CT molecular complexity index is 645. The Morgan fingerprint density at radius 2 is 1.85 bits per heavy atom. The van der Waals surface area contributed by atoms with Gasteiger partial charge in [0.2, 0.25) is 5.82 Å². The second-order valence-corrected chi connectivity index (χ2v) is 3.69. The summed E-state index contributed by atoms with van der Waals surface area (Å²) in [5, 5.41) is 13.1. The lowest BCUT2D eigenvalue weighted by Gasteiger charge is -2.09. The van der Waals surface area contributed by atoms with E-state index in [9.17, 15) is 18.9 Å². The summed E-state index contributed by atoms with van der Waals surface area (Å²) in [6.45, 7) is 0. The Morgan fingerprint density at radius 3 is 2.40 bits per heavy atom. The van der Waals surface area contributed by atoms with E-state index in [1.807, 2.05) is 0 Å². The number of para-hydroxylation sites is 1. The largest absolute Gasteiger partial charge is 0.330 e. The number of rotatable bonds is 4. The number of aromatic nitrogens is 1. The second kappa shape index (κ2) is 5.45. The number of nitro groups is 1. The van der Waals surface area contributed by atoms with E-state index in [0.717, 1.165) is 18.2 Å². The van der Waals surface area contributed by atoms with Crippen molar-refractivity contribution in [3.05, 3.63) is 52.1 Å². The van der Waals surface area contributed by atoms with Crippen LogP contribution in [-0.4, -0.2) is 9.91 Å². The summed E-state index contributed by atoms with van der Waals surface area (Å²) in [4.78, 5) is 13.9. The molecule has 0 saturated carbocycles. The minimum absolute atomic E-state index is 0.106. The van der Waals surface area contributed by atoms with Crippen LogP contribution < -0.4 is 16.6 Å². The summed E-state index contributed by atoms with van der Waals surface area (Å²) in [6.07, 6.45) is 0. The van der Waals surface area contributed by atoms with Gasteiger partial charge < -0.3 is 10.7 Å². The number of anilines is 3. The van der Waals surface area contributed by atoms with E-state index in [0.29, 0.717) is 0 Å². The van der Waals surface area contributed by atoms with Gasteiger partial charge in [-0.2, -0.15) is 0 Å². The van der Waals surface area contributed by atoms with Crippen LogP contribution in [0.15, 0.2) is 30.3 Å². The molecule has 2 aromatic rings. The Labute approximate surface area is 111 Å². The topological polar surface area (TPSA) is 106 Å². The van der Waals surface area contributed by atoms with E-state index in [1.165, 1.54) is 12.1 Å². The summed E-state index contributed by atoms with van der Waals surface area (Å²) in [5.41, 5.74) is 1.22. The number of hydrogen-bond donors (Lipinski definition) is 3. The maximum Gasteiger partial charge on any atom is 0.311 e. The predicted molar refractivity (Wildman–Crippen MR) is 68.3 cm³/mol. The van der Waals surface area contributed by atoms with E-state index >= 15 is 0 Å². The third-order valence-corrected chi connectivity index (χ3v) is 2.42. The van der Waals surface area contributed by atoms with Crippen LogP contribution in [0.3, 0.4) is 0 Å². The zero-order valence-corrected chi connectivity index (χ0v) is 9.93. The fourth-order valence-corrected chi connectivity index (χ4v) is 1.51.